The number of hydrogen-bond acceptors (Lipinski definition) is 5. The Morgan fingerprint density at radius 3 is 2.59 bits per heavy atom. The predicted molar refractivity (Wildman–Crippen MR) is 106 cm³/mol. The van der Waals surface area contributed by atoms with Crippen LogP contribution in [-0.2, 0) is 4.79 Å². The number of carboxylic acids is 1. The summed E-state index contributed by atoms with van der Waals surface area (Å²) in [6.07, 6.45) is 0.514. The topological polar surface area (TPSA) is 58.6 Å². The summed E-state index contributed by atoms with van der Waals surface area (Å²) < 4.78 is 34.1. The summed E-state index contributed by atoms with van der Waals surface area (Å²) >= 11 is 2.95. The van der Waals surface area contributed by atoms with Crippen LogP contribution in [0.2, 0.25) is 0 Å². The average Bonchev–Trinajstić information content (AvgIpc) is 3.44. The van der Waals surface area contributed by atoms with Crippen molar-refractivity contribution in [1.29, 1.82) is 0 Å². The zero-order valence-corrected chi connectivity index (χ0v) is 16.8. The van der Waals surface area contributed by atoms with Gasteiger partial charge in [0.15, 0.2) is 6.04 Å². The highest BCUT2D eigenvalue weighted by atomic mass is 32.2. The molecule has 2 atom stereocenters. The van der Waals surface area contributed by atoms with Crippen molar-refractivity contribution in [1.82, 2.24) is 5.32 Å². The molecule has 2 N–H and O–H groups in total. The number of hydrogen-bond donors (Lipinski definition) is 2. The molecule has 2 rings (SSSR count). The lowest BCUT2D eigenvalue weighted by Gasteiger charge is -2.27. The van der Waals surface area contributed by atoms with Gasteiger partial charge in [-0.1, -0.05) is 5.92 Å². The molecule has 1 fully saturated rings. The van der Waals surface area contributed by atoms with Gasteiger partial charge in [0.1, 0.15) is 11.8 Å². The summed E-state index contributed by atoms with van der Waals surface area (Å²) in [7, 11) is 0. The quantitative estimate of drug-likeness (QED) is 0.422. The van der Waals surface area contributed by atoms with Gasteiger partial charge in [-0.2, -0.15) is 20.5 Å². The second kappa shape index (κ2) is 10.2. The van der Waals surface area contributed by atoms with Gasteiger partial charge in [-0.15, -0.1) is 17.7 Å². The molecule has 148 valence electrons. The first-order valence-electron chi connectivity index (χ1n) is 8.55. The van der Waals surface area contributed by atoms with E-state index >= 15 is 0 Å². The molecule has 0 aliphatic heterocycles. The van der Waals surface area contributed by atoms with Crippen molar-refractivity contribution in [2.75, 3.05) is 17.8 Å². The minimum atomic E-state index is -3.68. The normalized spacial score (nSPS) is 16.1. The minimum absolute atomic E-state index is 0.00233. The van der Waals surface area contributed by atoms with Gasteiger partial charge in [-0.05, 0) is 62.0 Å². The molecule has 4 nitrogen and oxygen atoms in total. The minimum Gasteiger partial charge on any atom is -0.480 e. The number of alkyl halides is 2. The number of benzene rings is 1. The number of halogens is 2. The lowest BCUT2D eigenvalue weighted by Crippen LogP contribution is -2.54. The Morgan fingerprint density at radius 1 is 1.41 bits per heavy atom. The molecule has 27 heavy (non-hydrogen) atoms. The van der Waals surface area contributed by atoms with Crippen LogP contribution >= 0.6 is 23.5 Å². The average molecular weight is 416 g/mol. The van der Waals surface area contributed by atoms with Gasteiger partial charge in [0.2, 0.25) is 0 Å². The van der Waals surface area contributed by atoms with Gasteiger partial charge in [0, 0.05) is 10.6 Å². The van der Waals surface area contributed by atoms with Gasteiger partial charge < -0.3 is 9.84 Å². The molecular formula is C19H23F2NO3S2. The molecule has 0 heterocycles. The zero-order valence-electron chi connectivity index (χ0n) is 15.2. The summed E-state index contributed by atoms with van der Waals surface area (Å²) in [6, 6.07) is 3.41. The predicted octanol–water partition coefficient (Wildman–Crippen LogP) is 3.96. The smallest absolute Gasteiger partial charge is 0.425 e. The van der Waals surface area contributed by atoms with E-state index in [1.165, 1.54) is 42.6 Å². The largest absolute Gasteiger partial charge is 0.480 e. The molecule has 0 bridgehead atoms. The van der Waals surface area contributed by atoms with E-state index < -0.39 is 24.2 Å². The van der Waals surface area contributed by atoms with Crippen LogP contribution in [0.25, 0.3) is 0 Å². The van der Waals surface area contributed by atoms with E-state index in [9.17, 15) is 18.7 Å². The second-order valence-electron chi connectivity index (χ2n) is 6.21. The summed E-state index contributed by atoms with van der Waals surface area (Å²) in [4.78, 5) is 12.4. The van der Waals surface area contributed by atoms with Crippen molar-refractivity contribution in [3.05, 3.63) is 24.3 Å². The fourth-order valence-corrected chi connectivity index (χ4v) is 3.94. The lowest BCUT2D eigenvalue weighted by atomic mass is 10.2. The standard InChI is InChI=1S/C19H23F2NO3S2/c1-3-4-17(22-16(18(23)24)12-27-11-13-5-6-13)19(20,21)25-14-7-9-15(26-2)10-8-14/h7-10,13,16-17,22H,5-6,11-12H2,1-2H3,(H,23,24). The van der Waals surface area contributed by atoms with E-state index in [1.54, 1.807) is 12.1 Å². The van der Waals surface area contributed by atoms with Crippen LogP contribution in [0.5, 0.6) is 5.75 Å². The van der Waals surface area contributed by atoms with Gasteiger partial charge in [-0.3, -0.25) is 10.1 Å². The van der Waals surface area contributed by atoms with Crippen molar-refractivity contribution in [3.8, 4) is 17.6 Å². The summed E-state index contributed by atoms with van der Waals surface area (Å²) in [5, 5.41) is 11.8. The van der Waals surface area contributed by atoms with Crippen LogP contribution < -0.4 is 10.1 Å². The second-order valence-corrected chi connectivity index (χ2v) is 8.16. The first-order chi connectivity index (χ1) is 12.9. The molecule has 1 aliphatic rings. The van der Waals surface area contributed by atoms with Crippen molar-refractivity contribution in [2.24, 2.45) is 5.92 Å². The Balaban J connectivity index is 2.03. The van der Waals surface area contributed by atoms with Gasteiger partial charge in [0.05, 0.1) is 0 Å². The number of carboxylic acid groups (broad SMARTS) is 1. The van der Waals surface area contributed by atoms with Gasteiger partial charge in [-0.25, -0.2) is 0 Å². The summed E-state index contributed by atoms with van der Waals surface area (Å²) in [6.45, 7) is 1.43. The molecular weight excluding hydrogens is 392 g/mol. The zero-order chi connectivity index (χ0) is 19.9. The molecule has 0 spiro atoms. The number of thioether (sulfide) groups is 2. The fourth-order valence-electron chi connectivity index (χ4n) is 2.26. The molecule has 0 amide bonds. The third kappa shape index (κ3) is 7.24. The number of carbonyl (C=O) groups is 1. The van der Waals surface area contributed by atoms with Crippen LogP contribution in [0.3, 0.4) is 0 Å². The molecule has 8 heteroatoms. The van der Waals surface area contributed by atoms with Crippen LogP contribution in [0, 0.1) is 17.8 Å². The van der Waals surface area contributed by atoms with Crippen LogP contribution in [0.1, 0.15) is 19.8 Å². The van der Waals surface area contributed by atoms with E-state index in [4.69, 9.17) is 4.74 Å². The Hall–Kier alpha value is -1.43. The van der Waals surface area contributed by atoms with Gasteiger partial charge >= 0.3 is 12.1 Å². The SMILES string of the molecule is CC#CC(NC(CSCC1CC1)C(=O)O)C(F)(F)Oc1ccc(SC)cc1. The first-order valence-corrected chi connectivity index (χ1v) is 10.9. The van der Waals surface area contributed by atoms with Gasteiger partial charge in [0.25, 0.3) is 0 Å². The molecule has 0 saturated heterocycles. The highest BCUT2D eigenvalue weighted by Gasteiger charge is 2.43. The van der Waals surface area contributed by atoms with Crippen molar-refractivity contribution in [3.63, 3.8) is 0 Å². The summed E-state index contributed by atoms with van der Waals surface area (Å²) in [5.74, 6) is 5.28. The van der Waals surface area contributed by atoms with E-state index in [1.807, 2.05) is 6.26 Å². The molecule has 1 saturated carbocycles. The molecule has 1 aliphatic carbocycles. The number of ether oxygens (including phenoxy) is 1. The van der Waals surface area contributed by atoms with E-state index in [0.717, 1.165) is 23.5 Å². The molecule has 1 aromatic rings. The maximum absolute atomic E-state index is 14.6. The van der Waals surface area contributed by atoms with Crippen molar-refractivity contribution >= 4 is 29.5 Å². The Morgan fingerprint density at radius 2 is 2.07 bits per heavy atom. The van der Waals surface area contributed by atoms with Crippen molar-refractivity contribution in [2.45, 2.75) is 42.9 Å². The Bertz CT molecular complexity index is 684. The molecule has 1 aromatic carbocycles. The monoisotopic (exact) mass is 415 g/mol. The molecule has 0 aromatic heterocycles. The highest BCUT2D eigenvalue weighted by Crippen LogP contribution is 2.32. The third-order valence-electron chi connectivity index (χ3n) is 3.94. The molecule has 2 unspecified atom stereocenters. The Kier molecular flexibility index (Phi) is 8.27. The number of nitrogens with one attached hydrogen (secondary N) is 1. The number of aliphatic carboxylic acids is 1. The van der Waals surface area contributed by atoms with Crippen LogP contribution in [0.4, 0.5) is 8.78 Å². The van der Waals surface area contributed by atoms with E-state index in [2.05, 4.69) is 17.2 Å². The molecule has 0 radical (unpaired) electrons. The van der Waals surface area contributed by atoms with Crippen LogP contribution in [-0.4, -0.2) is 47.0 Å². The maximum atomic E-state index is 14.6. The third-order valence-corrected chi connectivity index (χ3v) is 5.96. The van der Waals surface area contributed by atoms with E-state index in [0.29, 0.717) is 5.92 Å². The van der Waals surface area contributed by atoms with Crippen LogP contribution in [0.15, 0.2) is 29.2 Å². The lowest BCUT2D eigenvalue weighted by molar-refractivity contribution is -0.188. The van der Waals surface area contributed by atoms with Crippen molar-refractivity contribution < 1.29 is 23.4 Å². The highest BCUT2D eigenvalue weighted by molar-refractivity contribution is 7.99. The first kappa shape index (κ1) is 21.9. The fraction of sp³-hybridized carbons (Fsp3) is 0.526. The number of rotatable bonds is 11. The van der Waals surface area contributed by atoms with E-state index in [-0.39, 0.29) is 11.5 Å². The maximum Gasteiger partial charge on any atom is 0.425 e. The Labute approximate surface area is 166 Å². The summed E-state index contributed by atoms with van der Waals surface area (Å²) in [5.41, 5.74) is 0.